The summed E-state index contributed by atoms with van der Waals surface area (Å²) in [5.74, 6) is 0.430. The second-order valence-electron chi connectivity index (χ2n) is 5.56. The number of hydrogen-bond donors (Lipinski definition) is 0. The van der Waals surface area contributed by atoms with Crippen molar-refractivity contribution in [2.75, 3.05) is 19.8 Å². The first kappa shape index (κ1) is 15.2. The number of morpholine rings is 1. The zero-order valence-electron chi connectivity index (χ0n) is 11.8. The lowest BCUT2D eigenvalue weighted by molar-refractivity contribution is -0.0777. The number of ether oxygens (including phenoxy) is 1. The Bertz CT molecular complexity index is 293. The Kier molecular flexibility index (Phi) is 5.21. The normalized spacial score (nSPS) is 30.8. The smallest absolute Gasteiger partial charge is 0.269 e. The molecule has 5 heteroatoms. The molecular weight excluding hydrogens is 237 g/mol. The first-order chi connectivity index (χ1) is 7.72. The fraction of sp³-hybridized carbons (Fsp3) is 1.00. The Balaban J connectivity index is 2.72. The monoisotopic (exact) mass is 263 g/mol. The molecular formula is C12H26NO3P. The third-order valence-electron chi connectivity index (χ3n) is 2.93. The lowest BCUT2D eigenvalue weighted by atomic mass is 10.1. The largest absolute Gasteiger partial charge is 0.372 e. The first-order valence-corrected chi connectivity index (χ1v) is 8.41. The zero-order chi connectivity index (χ0) is 13.2. The summed E-state index contributed by atoms with van der Waals surface area (Å²) in [7, 11) is -2.69. The molecule has 0 bridgehead atoms. The lowest BCUT2D eigenvalue weighted by Crippen LogP contribution is -2.47. The van der Waals surface area contributed by atoms with E-state index in [1.807, 2.05) is 25.4 Å². The van der Waals surface area contributed by atoms with Gasteiger partial charge in [-0.25, -0.2) is 4.67 Å². The van der Waals surface area contributed by atoms with Gasteiger partial charge in [-0.1, -0.05) is 13.8 Å². The van der Waals surface area contributed by atoms with Crippen molar-refractivity contribution in [3.05, 3.63) is 0 Å². The minimum Gasteiger partial charge on any atom is -0.372 e. The van der Waals surface area contributed by atoms with Crippen LogP contribution in [0.5, 0.6) is 0 Å². The molecule has 3 unspecified atom stereocenters. The molecule has 0 aromatic rings. The SMILES string of the molecule is CC(C)OP(C)(=O)N1CC(C)OC(C(C)C)C1. The minimum atomic E-state index is -2.69. The summed E-state index contributed by atoms with van der Waals surface area (Å²) in [6.07, 6.45) is 0.240. The Hall–Kier alpha value is 0.110. The molecule has 0 saturated carbocycles. The van der Waals surface area contributed by atoms with Gasteiger partial charge in [-0.2, -0.15) is 0 Å². The van der Waals surface area contributed by atoms with Crippen LogP contribution >= 0.6 is 7.52 Å². The van der Waals surface area contributed by atoms with Crippen LogP contribution in [0.1, 0.15) is 34.6 Å². The van der Waals surface area contributed by atoms with Crippen LogP contribution < -0.4 is 0 Å². The van der Waals surface area contributed by atoms with E-state index in [9.17, 15) is 4.57 Å². The van der Waals surface area contributed by atoms with Gasteiger partial charge in [0.25, 0.3) is 7.52 Å². The van der Waals surface area contributed by atoms with Crippen LogP contribution in [0.15, 0.2) is 0 Å². The molecule has 4 nitrogen and oxygen atoms in total. The van der Waals surface area contributed by atoms with Gasteiger partial charge in [0.1, 0.15) is 0 Å². The van der Waals surface area contributed by atoms with E-state index in [0.29, 0.717) is 19.0 Å². The topological polar surface area (TPSA) is 38.8 Å². The van der Waals surface area contributed by atoms with Gasteiger partial charge in [0.15, 0.2) is 0 Å². The summed E-state index contributed by atoms with van der Waals surface area (Å²) < 4.78 is 25.9. The molecule has 0 aliphatic carbocycles. The predicted molar refractivity (Wildman–Crippen MR) is 70.5 cm³/mol. The van der Waals surface area contributed by atoms with Crippen molar-refractivity contribution in [2.45, 2.75) is 52.9 Å². The molecule has 1 aliphatic heterocycles. The van der Waals surface area contributed by atoms with E-state index in [0.717, 1.165) is 0 Å². The second-order valence-corrected chi connectivity index (χ2v) is 7.94. The molecule has 1 heterocycles. The van der Waals surface area contributed by atoms with Crippen molar-refractivity contribution in [3.8, 4) is 0 Å². The third-order valence-corrected chi connectivity index (χ3v) is 5.10. The second kappa shape index (κ2) is 5.83. The average molecular weight is 263 g/mol. The minimum absolute atomic E-state index is 0.0125. The highest BCUT2D eigenvalue weighted by Crippen LogP contribution is 2.49. The molecule has 1 saturated heterocycles. The maximum Gasteiger partial charge on any atom is 0.269 e. The Labute approximate surface area is 105 Å². The molecule has 1 fully saturated rings. The molecule has 0 amide bonds. The average Bonchev–Trinajstić information content (AvgIpc) is 2.14. The van der Waals surface area contributed by atoms with Gasteiger partial charge in [-0.3, -0.25) is 4.57 Å². The lowest BCUT2D eigenvalue weighted by Gasteiger charge is -2.41. The van der Waals surface area contributed by atoms with Gasteiger partial charge in [0.05, 0.1) is 18.3 Å². The van der Waals surface area contributed by atoms with Crippen LogP contribution in [0.4, 0.5) is 0 Å². The van der Waals surface area contributed by atoms with E-state index in [4.69, 9.17) is 9.26 Å². The summed E-state index contributed by atoms with van der Waals surface area (Å²) in [6, 6.07) is 0. The van der Waals surface area contributed by atoms with Crippen LogP contribution in [0.3, 0.4) is 0 Å². The fourth-order valence-corrected chi connectivity index (χ4v) is 3.99. The molecule has 1 rings (SSSR count). The molecule has 1 aliphatic rings. The summed E-state index contributed by atoms with van der Waals surface area (Å²) in [4.78, 5) is 0. The summed E-state index contributed by atoms with van der Waals surface area (Å²) >= 11 is 0. The highest BCUT2D eigenvalue weighted by atomic mass is 31.2. The van der Waals surface area contributed by atoms with Crippen LogP contribution in [0.2, 0.25) is 0 Å². The van der Waals surface area contributed by atoms with Gasteiger partial charge >= 0.3 is 0 Å². The van der Waals surface area contributed by atoms with Crippen LogP contribution in [0, 0.1) is 5.92 Å². The van der Waals surface area contributed by atoms with Gasteiger partial charge in [-0.15, -0.1) is 0 Å². The zero-order valence-corrected chi connectivity index (χ0v) is 12.7. The van der Waals surface area contributed by atoms with Crippen LogP contribution in [0.25, 0.3) is 0 Å². The summed E-state index contributed by atoms with van der Waals surface area (Å²) in [5.41, 5.74) is 0. The van der Waals surface area contributed by atoms with Gasteiger partial charge in [0, 0.05) is 19.8 Å². The van der Waals surface area contributed by atoms with Crippen molar-refractivity contribution in [1.82, 2.24) is 4.67 Å². The van der Waals surface area contributed by atoms with E-state index in [1.54, 1.807) is 6.66 Å². The number of nitrogens with zero attached hydrogens (tertiary/aromatic N) is 1. The Morgan fingerprint density at radius 1 is 1.29 bits per heavy atom. The number of hydrogen-bond acceptors (Lipinski definition) is 3. The standard InChI is InChI=1S/C12H26NO3P/c1-9(2)12-8-13(7-11(5)15-12)17(6,14)16-10(3)4/h9-12H,7-8H2,1-6H3. The molecule has 102 valence electrons. The quantitative estimate of drug-likeness (QED) is 0.731. The van der Waals surface area contributed by atoms with Crippen molar-refractivity contribution in [2.24, 2.45) is 5.92 Å². The van der Waals surface area contributed by atoms with E-state index >= 15 is 0 Å². The van der Waals surface area contributed by atoms with E-state index < -0.39 is 7.52 Å². The fourth-order valence-electron chi connectivity index (χ4n) is 2.09. The molecule has 17 heavy (non-hydrogen) atoms. The molecule has 0 aromatic heterocycles. The van der Waals surface area contributed by atoms with Gasteiger partial charge in [0.2, 0.25) is 0 Å². The van der Waals surface area contributed by atoms with E-state index in [2.05, 4.69) is 13.8 Å². The Morgan fingerprint density at radius 2 is 1.88 bits per heavy atom. The third kappa shape index (κ3) is 4.36. The van der Waals surface area contributed by atoms with Crippen molar-refractivity contribution < 1.29 is 13.8 Å². The number of rotatable bonds is 4. The maximum absolute atomic E-state index is 12.5. The van der Waals surface area contributed by atoms with Crippen molar-refractivity contribution in [1.29, 1.82) is 0 Å². The maximum atomic E-state index is 12.5. The molecule has 3 atom stereocenters. The van der Waals surface area contributed by atoms with Crippen molar-refractivity contribution >= 4 is 7.52 Å². The first-order valence-electron chi connectivity index (χ1n) is 6.39. The van der Waals surface area contributed by atoms with Crippen LogP contribution in [-0.4, -0.2) is 42.7 Å². The Morgan fingerprint density at radius 3 is 2.35 bits per heavy atom. The predicted octanol–water partition coefficient (Wildman–Crippen LogP) is 2.98. The van der Waals surface area contributed by atoms with E-state index in [1.165, 1.54) is 0 Å². The van der Waals surface area contributed by atoms with E-state index in [-0.39, 0.29) is 18.3 Å². The summed E-state index contributed by atoms with van der Waals surface area (Å²) in [6.45, 7) is 13.2. The van der Waals surface area contributed by atoms with Gasteiger partial charge in [-0.05, 0) is 26.7 Å². The van der Waals surface area contributed by atoms with Crippen molar-refractivity contribution in [3.63, 3.8) is 0 Å². The highest BCUT2D eigenvalue weighted by Gasteiger charge is 2.36. The molecule has 0 N–H and O–H groups in total. The molecule has 0 spiro atoms. The van der Waals surface area contributed by atoms with Crippen LogP contribution in [-0.2, 0) is 13.8 Å². The molecule has 0 aromatic carbocycles. The highest BCUT2D eigenvalue weighted by molar-refractivity contribution is 7.55. The van der Waals surface area contributed by atoms with Gasteiger partial charge < -0.3 is 9.26 Å². The summed E-state index contributed by atoms with van der Waals surface area (Å²) in [5, 5.41) is 0. The molecule has 0 radical (unpaired) electrons.